The third-order valence-corrected chi connectivity index (χ3v) is 3.72. The Kier molecular flexibility index (Phi) is 5.65. The maximum absolute atomic E-state index is 11.9. The Morgan fingerprint density at radius 1 is 1.18 bits per heavy atom. The summed E-state index contributed by atoms with van der Waals surface area (Å²) in [6, 6.07) is 14.2. The van der Waals surface area contributed by atoms with Crippen molar-refractivity contribution < 1.29 is 4.79 Å². The molecule has 2 aromatic carbocycles. The first-order valence-corrected chi connectivity index (χ1v) is 7.33. The number of rotatable bonds is 5. The normalized spacial score (nSPS) is 9.86. The van der Waals surface area contributed by atoms with Crippen LogP contribution in [0, 0.1) is 11.3 Å². The fraction of sp³-hybridized carbons (Fsp3) is 0.125. The zero-order valence-corrected chi connectivity index (χ0v) is 13.1. The van der Waals surface area contributed by atoms with Crippen molar-refractivity contribution in [2.75, 3.05) is 17.2 Å². The van der Waals surface area contributed by atoms with Crippen LogP contribution in [0.5, 0.6) is 0 Å². The minimum Gasteiger partial charge on any atom is -0.384 e. The van der Waals surface area contributed by atoms with Crippen LogP contribution in [0.2, 0.25) is 10.0 Å². The van der Waals surface area contributed by atoms with E-state index in [9.17, 15) is 4.79 Å². The Labute approximate surface area is 138 Å². The molecule has 4 nitrogen and oxygen atoms in total. The molecule has 0 fully saturated rings. The summed E-state index contributed by atoms with van der Waals surface area (Å²) in [5, 5.41) is 15.3. The lowest BCUT2D eigenvalue weighted by Crippen LogP contribution is -2.16. The van der Waals surface area contributed by atoms with Crippen molar-refractivity contribution >= 4 is 40.5 Å². The standard InChI is InChI=1S/C16H13Cl2N3O/c17-13-5-2-6-14(16(13)18)21-15(22)7-8-20-12-4-1-3-11(9-12)10-19/h1-6,9,20H,7-8H2,(H,21,22). The third-order valence-electron chi connectivity index (χ3n) is 2.90. The van der Waals surface area contributed by atoms with Gasteiger partial charge in [-0.3, -0.25) is 4.79 Å². The number of carbonyl (C=O) groups is 1. The van der Waals surface area contributed by atoms with E-state index in [1.54, 1.807) is 36.4 Å². The highest BCUT2D eigenvalue weighted by Crippen LogP contribution is 2.29. The summed E-state index contributed by atoms with van der Waals surface area (Å²) in [5.41, 5.74) is 1.86. The molecule has 0 spiro atoms. The van der Waals surface area contributed by atoms with Crippen LogP contribution >= 0.6 is 23.2 Å². The van der Waals surface area contributed by atoms with Crippen LogP contribution < -0.4 is 10.6 Å². The fourth-order valence-electron chi connectivity index (χ4n) is 1.83. The monoisotopic (exact) mass is 333 g/mol. The summed E-state index contributed by atoms with van der Waals surface area (Å²) in [6.45, 7) is 0.443. The molecule has 2 rings (SSSR count). The van der Waals surface area contributed by atoms with Crippen LogP contribution in [0.15, 0.2) is 42.5 Å². The van der Waals surface area contributed by atoms with E-state index >= 15 is 0 Å². The molecule has 2 N–H and O–H groups in total. The first kappa shape index (κ1) is 16.2. The summed E-state index contributed by atoms with van der Waals surface area (Å²) < 4.78 is 0. The molecule has 0 aliphatic rings. The number of nitriles is 1. The fourth-order valence-corrected chi connectivity index (χ4v) is 2.18. The minimum absolute atomic E-state index is 0.173. The van der Waals surface area contributed by atoms with Crippen LogP contribution in [-0.4, -0.2) is 12.5 Å². The average Bonchev–Trinajstić information content (AvgIpc) is 2.52. The molecular formula is C16H13Cl2N3O. The van der Waals surface area contributed by atoms with Gasteiger partial charge in [0.1, 0.15) is 0 Å². The molecule has 0 saturated carbocycles. The van der Waals surface area contributed by atoms with E-state index in [0.717, 1.165) is 5.69 Å². The summed E-state index contributed by atoms with van der Waals surface area (Å²) >= 11 is 11.9. The second-order valence-electron chi connectivity index (χ2n) is 4.52. The summed E-state index contributed by atoms with van der Waals surface area (Å²) in [4.78, 5) is 11.9. The van der Waals surface area contributed by atoms with Crippen LogP contribution in [0.4, 0.5) is 11.4 Å². The Hall–Kier alpha value is -2.22. The number of benzene rings is 2. The average molecular weight is 334 g/mol. The van der Waals surface area contributed by atoms with Gasteiger partial charge < -0.3 is 10.6 Å². The lowest BCUT2D eigenvalue weighted by molar-refractivity contribution is -0.115. The molecule has 22 heavy (non-hydrogen) atoms. The van der Waals surface area contributed by atoms with Gasteiger partial charge in [-0.1, -0.05) is 35.3 Å². The van der Waals surface area contributed by atoms with Crippen molar-refractivity contribution in [2.24, 2.45) is 0 Å². The van der Waals surface area contributed by atoms with Crippen molar-refractivity contribution in [2.45, 2.75) is 6.42 Å². The Bertz CT molecular complexity index is 726. The van der Waals surface area contributed by atoms with E-state index in [1.807, 2.05) is 6.07 Å². The Balaban J connectivity index is 1.85. The highest BCUT2D eigenvalue weighted by atomic mass is 35.5. The van der Waals surface area contributed by atoms with Crippen molar-refractivity contribution in [1.82, 2.24) is 0 Å². The lowest BCUT2D eigenvalue weighted by atomic mass is 10.2. The van der Waals surface area contributed by atoms with Crippen LogP contribution in [0.25, 0.3) is 0 Å². The van der Waals surface area contributed by atoms with E-state index in [0.29, 0.717) is 27.8 Å². The predicted octanol–water partition coefficient (Wildman–Crippen LogP) is 4.31. The van der Waals surface area contributed by atoms with Gasteiger partial charge in [0.25, 0.3) is 0 Å². The molecule has 1 amide bonds. The Morgan fingerprint density at radius 3 is 2.73 bits per heavy atom. The largest absolute Gasteiger partial charge is 0.384 e. The first-order chi connectivity index (χ1) is 10.6. The van der Waals surface area contributed by atoms with Crippen molar-refractivity contribution in [3.8, 4) is 6.07 Å². The van der Waals surface area contributed by atoms with E-state index in [-0.39, 0.29) is 12.3 Å². The predicted molar refractivity (Wildman–Crippen MR) is 89.4 cm³/mol. The number of halogens is 2. The van der Waals surface area contributed by atoms with Crippen molar-refractivity contribution in [1.29, 1.82) is 5.26 Å². The molecule has 0 heterocycles. The summed E-state index contributed by atoms with van der Waals surface area (Å²) in [7, 11) is 0. The second-order valence-corrected chi connectivity index (χ2v) is 5.30. The quantitative estimate of drug-likeness (QED) is 0.856. The summed E-state index contributed by atoms with van der Waals surface area (Å²) in [6.07, 6.45) is 0.264. The molecule has 112 valence electrons. The van der Waals surface area contributed by atoms with Gasteiger partial charge in [0.2, 0.25) is 5.91 Å². The maximum atomic E-state index is 11.9. The molecule has 0 saturated heterocycles. The number of nitrogens with one attached hydrogen (secondary N) is 2. The van der Waals surface area contributed by atoms with Crippen molar-refractivity contribution in [3.05, 3.63) is 58.1 Å². The summed E-state index contributed by atoms with van der Waals surface area (Å²) in [5.74, 6) is -0.173. The number of amides is 1. The highest BCUT2D eigenvalue weighted by molar-refractivity contribution is 6.43. The highest BCUT2D eigenvalue weighted by Gasteiger charge is 2.08. The van der Waals surface area contributed by atoms with Crippen LogP contribution in [-0.2, 0) is 4.79 Å². The van der Waals surface area contributed by atoms with Crippen LogP contribution in [0.3, 0.4) is 0 Å². The molecule has 0 unspecified atom stereocenters. The SMILES string of the molecule is N#Cc1cccc(NCCC(=O)Nc2cccc(Cl)c2Cl)c1. The first-order valence-electron chi connectivity index (χ1n) is 6.58. The third kappa shape index (κ3) is 4.39. The zero-order chi connectivity index (χ0) is 15.9. The van der Waals surface area contributed by atoms with Gasteiger partial charge in [-0.25, -0.2) is 0 Å². The number of carbonyl (C=O) groups excluding carboxylic acids is 1. The van der Waals surface area contributed by atoms with E-state index in [1.165, 1.54) is 0 Å². The van der Waals surface area contributed by atoms with Gasteiger partial charge >= 0.3 is 0 Å². The molecule has 0 atom stereocenters. The van der Waals surface area contributed by atoms with Gasteiger partial charge in [-0.05, 0) is 30.3 Å². The zero-order valence-electron chi connectivity index (χ0n) is 11.6. The number of nitrogens with zero attached hydrogens (tertiary/aromatic N) is 1. The number of anilines is 2. The van der Waals surface area contributed by atoms with Crippen LogP contribution in [0.1, 0.15) is 12.0 Å². The maximum Gasteiger partial charge on any atom is 0.226 e. The van der Waals surface area contributed by atoms with Gasteiger partial charge in [-0.15, -0.1) is 0 Å². The molecule has 0 bridgehead atoms. The second kappa shape index (κ2) is 7.69. The smallest absolute Gasteiger partial charge is 0.226 e. The molecule has 2 aromatic rings. The van der Waals surface area contributed by atoms with E-state index in [2.05, 4.69) is 16.7 Å². The molecule has 0 aliphatic carbocycles. The lowest BCUT2D eigenvalue weighted by Gasteiger charge is -2.09. The minimum atomic E-state index is -0.173. The van der Waals surface area contributed by atoms with Gasteiger partial charge in [0.05, 0.1) is 27.4 Å². The topological polar surface area (TPSA) is 64.9 Å². The van der Waals surface area contributed by atoms with E-state index < -0.39 is 0 Å². The number of hydrogen-bond donors (Lipinski definition) is 2. The Morgan fingerprint density at radius 2 is 1.95 bits per heavy atom. The molecule has 0 aliphatic heterocycles. The van der Waals surface area contributed by atoms with E-state index in [4.69, 9.17) is 28.5 Å². The molecule has 6 heteroatoms. The van der Waals surface area contributed by atoms with Gasteiger partial charge in [0.15, 0.2) is 0 Å². The number of hydrogen-bond acceptors (Lipinski definition) is 3. The molecule has 0 radical (unpaired) electrons. The van der Waals surface area contributed by atoms with Gasteiger partial charge in [0, 0.05) is 18.7 Å². The molecular weight excluding hydrogens is 321 g/mol. The van der Waals surface area contributed by atoms with Crippen molar-refractivity contribution in [3.63, 3.8) is 0 Å². The van der Waals surface area contributed by atoms with Gasteiger partial charge in [-0.2, -0.15) is 5.26 Å². The molecule has 0 aromatic heterocycles.